The molecule has 7 nitrogen and oxygen atoms in total. The predicted molar refractivity (Wildman–Crippen MR) is 98.9 cm³/mol. The van der Waals surface area contributed by atoms with Crippen molar-refractivity contribution in [2.75, 3.05) is 18.4 Å². The Bertz CT molecular complexity index is 848. The van der Waals surface area contributed by atoms with Gasteiger partial charge in [-0.25, -0.2) is 14.6 Å². The highest BCUT2D eigenvalue weighted by Crippen LogP contribution is 2.11. The van der Waals surface area contributed by atoms with Crippen LogP contribution >= 0.6 is 15.9 Å². The first kappa shape index (κ1) is 17.1. The molecule has 0 spiro atoms. The lowest BCUT2D eigenvalue weighted by molar-refractivity contribution is 0.0955. The van der Waals surface area contributed by atoms with Crippen molar-refractivity contribution < 1.29 is 4.79 Å². The molecule has 0 aliphatic rings. The van der Waals surface area contributed by atoms with Gasteiger partial charge in [-0.15, -0.1) is 0 Å². The minimum absolute atomic E-state index is 0.106. The lowest BCUT2D eigenvalue weighted by atomic mass is 10.2. The minimum atomic E-state index is -0.106. The number of hydrogen-bond donors (Lipinski definition) is 2. The topological polar surface area (TPSA) is 84.7 Å². The Balaban J connectivity index is 1.54. The van der Waals surface area contributed by atoms with Crippen LogP contribution < -0.4 is 10.6 Å². The molecule has 3 aromatic rings. The number of carbonyl (C=O) groups is 1. The number of nitrogens with zero attached hydrogens (tertiary/aromatic N) is 4. The highest BCUT2D eigenvalue weighted by Gasteiger charge is 2.06. The molecule has 0 bridgehead atoms. The van der Waals surface area contributed by atoms with Gasteiger partial charge in [0, 0.05) is 41.6 Å². The zero-order chi connectivity index (χ0) is 17.6. The zero-order valence-electron chi connectivity index (χ0n) is 13.6. The number of halogens is 1. The summed E-state index contributed by atoms with van der Waals surface area (Å²) in [4.78, 5) is 20.7. The van der Waals surface area contributed by atoms with E-state index >= 15 is 0 Å². The SMILES string of the molecule is Cc1nc(NCCNC(=O)c2ccc(Br)cc2)cc(-n2cccn2)n1. The van der Waals surface area contributed by atoms with Crippen molar-refractivity contribution in [3.05, 3.63) is 64.7 Å². The van der Waals surface area contributed by atoms with Gasteiger partial charge >= 0.3 is 0 Å². The fourth-order valence-electron chi connectivity index (χ4n) is 2.23. The third-order valence-corrected chi connectivity index (χ3v) is 3.92. The van der Waals surface area contributed by atoms with E-state index in [0.717, 1.165) is 4.47 Å². The molecule has 0 radical (unpaired) electrons. The molecule has 0 aliphatic heterocycles. The van der Waals surface area contributed by atoms with Crippen molar-refractivity contribution in [3.63, 3.8) is 0 Å². The maximum Gasteiger partial charge on any atom is 0.251 e. The summed E-state index contributed by atoms with van der Waals surface area (Å²) in [5.74, 6) is 1.93. The smallest absolute Gasteiger partial charge is 0.251 e. The summed E-state index contributed by atoms with van der Waals surface area (Å²) < 4.78 is 2.62. The average Bonchev–Trinajstić information content (AvgIpc) is 3.13. The highest BCUT2D eigenvalue weighted by atomic mass is 79.9. The fraction of sp³-hybridized carbons (Fsp3) is 0.176. The number of rotatable bonds is 6. The second-order valence-corrected chi connectivity index (χ2v) is 6.21. The summed E-state index contributed by atoms with van der Waals surface area (Å²) in [5.41, 5.74) is 0.627. The van der Waals surface area contributed by atoms with Crippen LogP contribution in [0.15, 0.2) is 53.3 Å². The van der Waals surface area contributed by atoms with Crippen LogP contribution in [0.25, 0.3) is 5.82 Å². The number of benzene rings is 1. The molecule has 2 N–H and O–H groups in total. The number of nitrogens with one attached hydrogen (secondary N) is 2. The normalized spacial score (nSPS) is 10.5. The van der Waals surface area contributed by atoms with Crippen molar-refractivity contribution in [2.24, 2.45) is 0 Å². The molecule has 0 saturated heterocycles. The first-order valence-corrected chi connectivity index (χ1v) is 8.54. The molecule has 128 valence electrons. The van der Waals surface area contributed by atoms with E-state index in [1.807, 2.05) is 37.4 Å². The summed E-state index contributed by atoms with van der Waals surface area (Å²) in [7, 11) is 0. The monoisotopic (exact) mass is 400 g/mol. The summed E-state index contributed by atoms with van der Waals surface area (Å²) >= 11 is 3.35. The largest absolute Gasteiger partial charge is 0.368 e. The third kappa shape index (κ3) is 4.63. The van der Waals surface area contributed by atoms with Crippen LogP contribution in [0.3, 0.4) is 0 Å². The standard InChI is InChI=1S/C17H17BrN6O/c1-12-22-15(11-16(23-12)24-10-2-7-21-24)19-8-9-20-17(25)13-3-5-14(18)6-4-13/h2-7,10-11H,8-9H2,1H3,(H,20,25)(H,19,22,23). The van der Waals surface area contributed by atoms with E-state index in [4.69, 9.17) is 0 Å². The number of carbonyl (C=O) groups excluding carboxylic acids is 1. The van der Waals surface area contributed by atoms with E-state index in [9.17, 15) is 4.79 Å². The molecule has 0 atom stereocenters. The van der Waals surface area contributed by atoms with Crippen molar-refractivity contribution >= 4 is 27.7 Å². The van der Waals surface area contributed by atoms with Crippen LogP contribution in [0.5, 0.6) is 0 Å². The Morgan fingerprint density at radius 3 is 2.72 bits per heavy atom. The number of hydrogen-bond acceptors (Lipinski definition) is 5. The average molecular weight is 401 g/mol. The van der Waals surface area contributed by atoms with E-state index in [1.165, 1.54) is 0 Å². The summed E-state index contributed by atoms with van der Waals surface area (Å²) in [6.45, 7) is 2.86. The van der Waals surface area contributed by atoms with Crippen molar-refractivity contribution in [2.45, 2.75) is 6.92 Å². The van der Waals surface area contributed by atoms with Gasteiger partial charge in [-0.05, 0) is 37.3 Å². The van der Waals surface area contributed by atoms with Crippen LogP contribution in [0, 0.1) is 6.92 Å². The van der Waals surface area contributed by atoms with E-state index in [0.29, 0.717) is 36.1 Å². The van der Waals surface area contributed by atoms with Gasteiger partial charge in [0.2, 0.25) is 0 Å². The molecule has 0 aliphatic carbocycles. The van der Waals surface area contributed by atoms with Gasteiger partial charge in [-0.1, -0.05) is 15.9 Å². The van der Waals surface area contributed by atoms with Gasteiger partial charge in [-0.2, -0.15) is 5.10 Å². The Hall–Kier alpha value is -2.74. The van der Waals surface area contributed by atoms with Gasteiger partial charge < -0.3 is 10.6 Å². The van der Waals surface area contributed by atoms with E-state index < -0.39 is 0 Å². The molecule has 2 aromatic heterocycles. The molecule has 2 heterocycles. The first-order valence-electron chi connectivity index (χ1n) is 7.75. The van der Waals surface area contributed by atoms with E-state index in [-0.39, 0.29) is 5.91 Å². The second kappa shape index (κ2) is 7.89. The molecule has 0 saturated carbocycles. The fourth-order valence-corrected chi connectivity index (χ4v) is 2.50. The lowest BCUT2D eigenvalue weighted by Crippen LogP contribution is -2.28. The third-order valence-electron chi connectivity index (χ3n) is 3.39. The first-order chi connectivity index (χ1) is 12.1. The molecule has 25 heavy (non-hydrogen) atoms. The number of aromatic nitrogens is 4. The molecule has 8 heteroatoms. The predicted octanol–water partition coefficient (Wildman–Crippen LogP) is 2.58. The number of aryl methyl sites for hydroxylation is 1. The van der Waals surface area contributed by atoms with Crippen molar-refractivity contribution in [1.82, 2.24) is 25.1 Å². The van der Waals surface area contributed by atoms with E-state index in [1.54, 1.807) is 23.0 Å². The zero-order valence-corrected chi connectivity index (χ0v) is 15.2. The quantitative estimate of drug-likeness (QED) is 0.621. The maximum absolute atomic E-state index is 12.0. The number of amides is 1. The van der Waals surface area contributed by atoms with Crippen LogP contribution in [0.1, 0.15) is 16.2 Å². The van der Waals surface area contributed by atoms with Gasteiger partial charge in [0.05, 0.1) is 0 Å². The van der Waals surface area contributed by atoms with Crippen LogP contribution in [-0.2, 0) is 0 Å². The Kier molecular flexibility index (Phi) is 5.39. The van der Waals surface area contributed by atoms with Crippen LogP contribution in [0.4, 0.5) is 5.82 Å². The summed E-state index contributed by atoms with van der Waals surface area (Å²) in [6, 6.07) is 10.9. The van der Waals surface area contributed by atoms with Crippen molar-refractivity contribution in [1.29, 1.82) is 0 Å². The van der Waals surface area contributed by atoms with Gasteiger partial charge in [0.1, 0.15) is 11.6 Å². The van der Waals surface area contributed by atoms with Crippen LogP contribution in [0.2, 0.25) is 0 Å². The lowest BCUT2D eigenvalue weighted by Gasteiger charge is -2.09. The maximum atomic E-state index is 12.0. The molecule has 3 rings (SSSR count). The van der Waals surface area contributed by atoms with E-state index in [2.05, 4.69) is 41.6 Å². The number of anilines is 1. The molecule has 1 aromatic carbocycles. The Morgan fingerprint density at radius 1 is 1.20 bits per heavy atom. The van der Waals surface area contributed by atoms with Gasteiger partial charge in [-0.3, -0.25) is 4.79 Å². The summed E-state index contributed by atoms with van der Waals surface area (Å²) in [5, 5.41) is 10.2. The molecular weight excluding hydrogens is 384 g/mol. The van der Waals surface area contributed by atoms with Gasteiger partial charge in [0.25, 0.3) is 5.91 Å². The van der Waals surface area contributed by atoms with Gasteiger partial charge in [0.15, 0.2) is 5.82 Å². The molecular formula is C17H17BrN6O. The molecule has 1 amide bonds. The minimum Gasteiger partial charge on any atom is -0.368 e. The second-order valence-electron chi connectivity index (χ2n) is 5.30. The Morgan fingerprint density at radius 2 is 2.00 bits per heavy atom. The highest BCUT2D eigenvalue weighted by molar-refractivity contribution is 9.10. The molecule has 0 fully saturated rings. The van der Waals surface area contributed by atoms with Crippen molar-refractivity contribution in [3.8, 4) is 5.82 Å². The summed E-state index contributed by atoms with van der Waals surface area (Å²) in [6.07, 6.45) is 3.52. The molecule has 0 unspecified atom stereocenters. The Labute approximate surface area is 153 Å². The van der Waals surface area contributed by atoms with Crippen LogP contribution in [-0.4, -0.2) is 38.7 Å².